The summed E-state index contributed by atoms with van der Waals surface area (Å²) in [5, 5.41) is 0. The quantitative estimate of drug-likeness (QED) is 0.414. The zero-order valence-electron chi connectivity index (χ0n) is 18.9. The van der Waals surface area contributed by atoms with Gasteiger partial charge in [0.15, 0.2) is 0 Å². The molecule has 0 saturated heterocycles. The van der Waals surface area contributed by atoms with Crippen LogP contribution in [0.1, 0.15) is 0 Å². The van der Waals surface area contributed by atoms with E-state index in [9.17, 15) is 0 Å². The normalized spacial score (nSPS) is 12.8. The number of aryl methyl sites for hydroxylation is 1. The summed E-state index contributed by atoms with van der Waals surface area (Å²) in [6, 6.07) is 14.0. The molecule has 0 unspecified atom stereocenters. The number of aliphatic imine (C=N–C) groups is 1. The molecule has 0 fully saturated rings. The molecule has 0 N–H and O–H groups in total. The van der Waals surface area contributed by atoms with Gasteiger partial charge in [0.2, 0.25) is 0 Å². The van der Waals surface area contributed by atoms with Crippen molar-refractivity contribution < 1.29 is 9.47 Å². The molecular formula is C26H25N5O2. The molecule has 0 aliphatic carbocycles. The van der Waals surface area contributed by atoms with Crippen LogP contribution in [0, 0.1) is 0 Å². The average molecular weight is 440 g/mol. The molecule has 1 aliphatic rings. The van der Waals surface area contributed by atoms with Gasteiger partial charge in [0.25, 0.3) is 0 Å². The number of hydrogen-bond donors (Lipinski definition) is 0. The second-order valence-electron chi connectivity index (χ2n) is 7.89. The summed E-state index contributed by atoms with van der Waals surface area (Å²) in [6.07, 6.45) is 10.0. The number of benzene rings is 2. The predicted molar refractivity (Wildman–Crippen MR) is 132 cm³/mol. The van der Waals surface area contributed by atoms with Crippen molar-refractivity contribution >= 4 is 28.1 Å². The molecule has 0 spiro atoms. The van der Waals surface area contributed by atoms with Gasteiger partial charge in [-0.1, -0.05) is 6.08 Å². The fourth-order valence-corrected chi connectivity index (χ4v) is 3.92. The summed E-state index contributed by atoms with van der Waals surface area (Å²) in [6.45, 7) is 1.33. The number of methoxy groups -OCH3 is 2. The van der Waals surface area contributed by atoms with Gasteiger partial charge in [-0.05, 0) is 30.3 Å². The van der Waals surface area contributed by atoms with Crippen molar-refractivity contribution in [3.8, 4) is 22.8 Å². The Morgan fingerprint density at radius 2 is 1.79 bits per heavy atom. The largest absolute Gasteiger partial charge is 0.497 e. The van der Waals surface area contributed by atoms with E-state index >= 15 is 0 Å². The van der Waals surface area contributed by atoms with Crippen LogP contribution in [-0.4, -0.2) is 47.6 Å². The smallest absolute Gasteiger partial charge is 0.124 e. The van der Waals surface area contributed by atoms with Crippen LogP contribution in [0.2, 0.25) is 0 Å². The van der Waals surface area contributed by atoms with Crippen molar-refractivity contribution in [3.63, 3.8) is 0 Å². The molecule has 0 atom stereocenters. The van der Waals surface area contributed by atoms with Gasteiger partial charge in [0.05, 0.1) is 55.9 Å². The van der Waals surface area contributed by atoms with E-state index in [1.165, 1.54) is 0 Å². The van der Waals surface area contributed by atoms with E-state index in [1.54, 1.807) is 14.2 Å². The van der Waals surface area contributed by atoms with E-state index in [0.29, 0.717) is 13.1 Å². The highest BCUT2D eigenvalue weighted by molar-refractivity contribution is 6.01. The number of nitrogens with zero attached hydrogens (tertiary/aromatic N) is 5. The molecule has 3 heterocycles. The van der Waals surface area contributed by atoms with Crippen LogP contribution in [0.5, 0.6) is 11.5 Å². The van der Waals surface area contributed by atoms with Crippen LogP contribution in [-0.2, 0) is 7.05 Å². The molecule has 4 aromatic rings. The molecule has 1 aliphatic heterocycles. The third-order valence-corrected chi connectivity index (χ3v) is 5.64. The van der Waals surface area contributed by atoms with Gasteiger partial charge in [0, 0.05) is 54.6 Å². The number of fused-ring (bicyclic) bond motifs is 1. The molecule has 2 aromatic carbocycles. The monoisotopic (exact) mass is 439 g/mol. The molecule has 166 valence electrons. The van der Waals surface area contributed by atoms with E-state index in [4.69, 9.17) is 14.5 Å². The molecule has 0 amide bonds. The van der Waals surface area contributed by atoms with E-state index in [1.807, 2.05) is 60.5 Å². The Hall–Kier alpha value is -4.13. The zero-order valence-corrected chi connectivity index (χ0v) is 18.9. The van der Waals surface area contributed by atoms with Gasteiger partial charge < -0.3 is 18.9 Å². The maximum Gasteiger partial charge on any atom is 0.124 e. The first-order valence-electron chi connectivity index (χ1n) is 10.7. The Balaban J connectivity index is 1.60. The molecule has 0 bridgehead atoms. The van der Waals surface area contributed by atoms with E-state index in [-0.39, 0.29) is 0 Å². The van der Waals surface area contributed by atoms with Crippen LogP contribution < -0.4 is 14.4 Å². The molecule has 33 heavy (non-hydrogen) atoms. The first-order valence-corrected chi connectivity index (χ1v) is 10.7. The predicted octanol–water partition coefficient (Wildman–Crippen LogP) is 4.80. The molecule has 2 aromatic heterocycles. The van der Waals surface area contributed by atoms with Crippen molar-refractivity contribution in [1.82, 2.24) is 14.5 Å². The summed E-state index contributed by atoms with van der Waals surface area (Å²) in [5.41, 5.74) is 6.51. The lowest BCUT2D eigenvalue weighted by Crippen LogP contribution is -2.24. The Labute approximate surface area is 192 Å². The summed E-state index contributed by atoms with van der Waals surface area (Å²) in [7, 11) is 5.31. The topological polar surface area (TPSA) is 64.8 Å². The lowest BCUT2D eigenvalue weighted by molar-refractivity contribution is 0.394. The fourth-order valence-electron chi connectivity index (χ4n) is 3.92. The zero-order chi connectivity index (χ0) is 22.8. The number of ether oxygens (including phenoxy) is 2. The van der Waals surface area contributed by atoms with Gasteiger partial charge >= 0.3 is 0 Å². The molecular weight excluding hydrogens is 414 g/mol. The van der Waals surface area contributed by atoms with Crippen molar-refractivity contribution in [2.75, 3.05) is 32.2 Å². The minimum atomic E-state index is 0.615. The summed E-state index contributed by atoms with van der Waals surface area (Å²) >= 11 is 0. The summed E-state index contributed by atoms with van der Waals surface area (Å²) < 4.78 is 13.0. The first-order chi connectivity index (χ1) is 16.1. The number of rotatable bonds is 7. The highest BCUT2D eigenvalue weighted by Gasteiger charge is 2.16. The Bertz CT molecular complexity index is 1350. The van der Waals surface area contributed by atoms with Gasteiger partial charge in [-0.3, -0.25) is 9.98 Å². The van der Waals surface area contributed by atoms with E-state index in [0.717, 1.165) is 50.9 Å². The number of anilines is 2. The summed E-state index contributed by atoms with van der Waals surface area (Å²) in [4.78, 5) is 16.3. The Morgan fingerprint density at radius 3 is 2.45 bits per heavy atom. The second kappa shape index (κ2) is 8.78. The highest BCUT2D eigenvalue weighted by Crippen LogP contribution is 2.34. The van der Waals surface area contributed by atoms with Crippen molar-refractivity contribution in [2.24, 2.45) is 12.0 Å². The third-order valence-electron chi connectivity index (χ3n) is 5.64. The maximum absolute atomic E-state index is 5.52. The van der Waals surface area contributed by atoms with Gasteiger partial charge in [-0.2, -0.15) is 0 Å². The van der Waals surface area contributed by atoms with Crippen LogP contribution in [0.15, 0.2) is 78.2 Å². The number of aromatic nitrogens is 3. The van der Waals surface area contributed by atoms with Gasteiger partial charge in [-0.15, -0.1) is 0 Å². The third kappa shape index (κ3) is 4.30. The Morgan fingerprint density at radius 1 is 0.970 bits per heavy atom. The molecule has 7 heteroatoms. The SMILES string of the molecule is COc1cc(OC)cc(N(CC2=NCC=C2)c2ccc3ncc(-c4ccn(C)c4)nc3c2)c1. The molecule has 5 rings (SSSR count). The lowest BCUT2D eigenvalue weighted by Gasteiger charge is -2.26. The van der Waals surface area contributed by atoms with Crippen LogP contribution in [0.4, 0.5) is 11.4 Å². The number of hydrogen-bond acceptors (Lipinski definition) is 6. The minimum absolute atomic E-state index is 0.615. The van der Waals surface area contributed by atoms with Crippen LogP contribution in [0.25, 0.3) is 22.3 Å². The standard InChI is InChI=1S/C26H25N5O2/c1-30-10-8-18(16-30)26-15-28-24-7-6-20(13-25(24)29-26)31(17-19-5-4-9-27-19)21-11-22(32-2)14-23(12-21)33-3/h4-8,10-16H,9,17H2,1-3H3. The second-order valence-corrected chi connectivity index (χ2v) is 7.89. The minimum Gasteiger partial charge on any atom is -0.497 e. The molecule has 0 radical (unpaired) electrons. The average Bonchev–Trinajstić information content (AvgIpc) is 3.53. The van der Waals surface area contributed by atoms with Gasteiger partial charge in [-0.25, -0.2) is 4.98 Å². The first kappa shape index (κ1) is 20.8. The van der Waals surface area contributed by atoms with E-state index in [2.05, 4.69) is 39.2 Å². The highest BCUT2D eigenvalue weighted by atomic mass is 16.5. The van der Waals surface area contributed by atoms with E-state index < -0.39 is 0 Å². The lowest BCUT2D eigenvalue weighted by atomic mass is 10.1. The van der Waals surface area contributed by atoms with Crippen molar-refractivity contribution in [1.29, 1.82) is 0 Å². The van der Waals surface area contributed by atoms with Crippen molar-refractivity contribution in [2.45, 2.75) is 0 Å². The molecule has 7 nitrogen and oxygen atoms in total. The van der Waals surface area contributed by atoms with Crippen molar-refractivity contribution in [3.05, 3.63) is 73.2 Å². The van der Waals surface area contributed by atoms with Crippen LogP contribution >= 0.6 is 0 Å². The maximum atomic E-state index is 5.52. The summed E-state index contributed by atoms with van der Waals surface area (Å²) in [5.74, 6) is 1.45. The fraction of sp³-hybridized carbons (Fsp3) is 0.192. The van der Waals surface area contributed by atoms with Crippen LogP contribution in [0.3, 0.4) is 0 Å². The Kier molecular flexibility index (Phi) is 5.52. The van der Waals surface area contributed by atoms with Gasteiger partial charge in [0.1, 0.15) is 11.5 Å². The molecule has 0 saturated carbocycles.